The zero-order valence-corrected chi connectivity index (χ0v) is 13.7. The molecule has 6 heteroatoms. The van der Waals surface area contributed by atoms with E-state index >= 15 is 0 Å². The second kappa shape index (κ2) is 6.60. The molecule has 0 bridgehead atoms. The van der Waals surface area contributed by atoms with E-state index in [0.717, 1.165) is 12.0 Å². The summed E-state index contributed by atoms with van der Waals surface area (Å²) < 4.78 is 0. The van der Waals surface area contributed by atoms with Crippen molar-refractivity contribution in [2.75, 3.05) is 11.9 Å². The number of carbonyl (C=O) groups is 2. The fraction of sp³-hybridized carbons (Fsp3) is 0.176. The highest BCUT2D eigenvalue weighted by Crippen LogP contribution is 2.25. The molecule has 0 atom stereocenters. The van der Waals surface area contributed by atoms with Crippen LogP contribution in [0.1, 0.15) is 11.1 Å². The minimum atomic E-state index is -0.700. The average molecular weight is 349 g/mol. The molecule has 0 saturated heterocycles. The predicted molar refractivity (Wildman–Crippen MR) is 90.7 cm³/mol. The third-order valence-corrected chi connectivity index (χ3v) is 4.34. The van der Waals surface area contributed by atoms with Crippen molar-refractivity contribution in [3.05, 3.63) is 63.6 Å². The van der Waals surface area contributed by atoms with Crippen LogP contribution in [0, 0.1) is 0 Å². The molecule has 0 saturated carbocycles. The normalized spacial score (nSPS) is 13.4. The lowest BCUT2D eigenvalue weighted by molar-refractivity contribution is -0.143. The van der Waals surface area contributed by atoms with Gasteiger partial charge in [-0.15, -0.1) is 0 Å². The number of amides is 2. The zero-order chi connectivity index (χ0) is 16.4. The van der Waals surface area contributed by atoms with Crippen LogP contribution in [0.15, 0.2) is 42.5 Å². The summed E-state index contributed by atoms with van der Waals surface area (Å²) in [5, 5.41) is 3.30. The van der Waals surface area contributed by atoms with Crippen molar-refractivity contribution in [2.45, 2.75) is 13.0 Å². The van der Waals surface area contributed by atoms with E-state index < -0.39 is 11.8 Å². The van der Waals surface area contributed by atoms with E-state index in [4.69, 9.17) is 23.2 Å². The Labute approximate surface area is 144 Å². The number of benzene rings is 2. The van der Waals surface area contributed by atoms with Gasteiger partial charge in [0.15, 0.2) is 0 Å². The quantitative estimate of drug-likeness (QED) is 0.801. The predicted octanol–water partition coefficient (Wildman–Crippen LogP) is 3.52. The van der Waals surface area contributed by atoms with Gasteiger partial charge in [0.2, 0.25) is 0 Å². The second-order valence-electron chi connectivity index (χ2n) is 5.32. The first-order chi connectivity index (χ1) is 11.0. The molecule has 1 heterocycles. The minimum absolute atomic E-state index is 0.294. The summed E-state index contributed by atoms with van der Waals surface area (Å²) in [5.74, 6) is -1.26. The summed E-state index contributed by atoms with van der Waals surface area (Å²) in [4.78, 5) is 26.0. The molecule has 2 aromatic carbocycles. The number of hydrogen-bond donors (Lipinski definition) is 1. The molecule has 23 heavy (non-hydrogen) atoms. The monoisotopic (exact) mass is 348 g/mol. The third-order valence-electron chi connectivity index (χ3n) is 3.79. The van der Waals surface area contributed by atoms with Crippen molar-refractivity contribution in [2.24, 2.45) is 0 Å². The van der Waals surface area contributed by atoms with Crippen LogP contribution in [0.4, 0.5) is 5.69 Å². The van der Waals surface area contributed by atoms with Crippen LogP contribution in [0.3, 0.4) is 0 Å². The van der Waals surface area contributed by atoms with Gasteiger partial charge in [-0.3, -0.25) is 9.59 Å². The van der Waals surface area contributed by atoms with Crippen molar-refractivity contribution in [1.82, 2.24) is 4.90 Å². The van der Waals surface area contributed by atoms with Crippen molar-refractivity contribution in [3.63, 3.8) is 0 Å². The SMILES string of the molecule is O=C(Nc1ccc(Cl)cc1Cl)C(=O)N1CCc2ccccc2C1. The first-order valence-corrected chi connectivity index (χ1v) is 7.92. The molecule has 118 valence electrons. The molecule has 0 radical (unpaired) electrons. The van der Waals surface area contributed by atoms with Crippen LogP contribution in [-0.2, 0) is 22.6 Å². The van der Waals surface area contributed by atoms with Gasteiger partial charge in [0.25, 0.3) is 0 Å². The van der Waals surface area contributed by atoms with Gasteiger partial charge in [-0.05, 0) is 35.7 Å². The maximum Gasteiger partial charge on any atom is 0.313 e. The van der Waals surface area contributed by atoms with E-state index in [1.165, 1.54) is 11.6 Å². The van der Waals surface area contributed by atoms with E-state index in [9.17, 15) is 9.59 Å². The number of nitrogens with zero attached hydrogens (tertiary/aromatic N) is 1. The van der Waals surface area contributed by atoms with Gasteiger partial charge in [0.1, 0.15) is 0 Å². The second-order valence-corrected chi connectivity index (χ2v) is 6.17. The maximum absolute atomic E-state index is 12.3. The zero-order valence-electron chi connectivity index (χ0n) is 12.2. The van der Waals surface area contributed by atoms with Crippen molar-refractivity contribution >= 4 is 40.7 Å². The summed E-state index contributed by atoms with van der Waals surface area (Å²) in [6.07, 6.45) is 0.747. The Hall–Kier alpha value is -2.04. The average Bonchev–Trinajstić information content (AvgIpc) is 2.56. The molecular weight excluding hydrogens is 335 g/mol. The number of anilines is 1. The molecule has 3 rings (SSSR count). The van der Waals surface area contributed by atoms with E-state index in [-0.39, 0.29) is 0 Å². The molecule has 0 fully saturated rings. The van der Waals surface area contributed by atoms with E-state index in [2.05, 4.69) is 5.32 Å². The lowest BCUT2D eigenvalue weighted by Crippen LogP contribution is -2.42. The summed E-state index contributed by atoms with van der Waals surface area (Å²) in [6.45, 7) is 0.967. The standard InChI is InChI=1S/C17H14Cl2N2O2/c18-13-5-6-15(14(19)9-13)20-16(22)17(23)21-8-7-11-3-1-2-4-12(11)10-21/h1-6,9H,7-8,10H2,(H,20,22). The van der Waals surface area contributed by atoms with Gasteiger partial charge < -0.3 is 10.2 Å². The summed E-state index contributed by atoms with van der Waals surface area (Å²) >= 11 is 11.8. The highest BCUT2D eigenvalue weighted by Gasteiger charge is 2.26. The molecule has 0 unspecified atom stereocenters. The number of halogens is 2. The summed E-state index contributed by atoms with van der Waals surface area (Å²) in [5.41, 5.74) is 2.66. The molecule has 4 nitrogen and oxygen atoms in total. The molecule has 0 aliphatic carbocycles. The number of hydrogen-bond acceptors (Lipinski definition) is 2. The lowest BCUT2D eigenvalue weighted by Gasteiger charge is -2.28. The van der Waals surface area contributed by atoms with Crippen molar-refractivity contribution < 1.29 is 9.59 Å². The van der Waals surface area contributed by atoms with Crippen LogP contribution in [0.2, 0.25) is 10.0 Å². The van der Waals surface area contributed by atoms with Gasteiger partial charge in [0, 0.05) is 18.1 Å². The Morgan fingerprint density at radius 2 is 1.78 bits per heavy atom. The molecule has 1 N–H and O–H groups in total. The number of fused-ring (bicyclic) bond motifs is 1. The minimum Gasteiger partial charge on any atom is -0.330 e. The van der Waals surface area contributed by atoms with Crippen LogP contribution in [0.25, 0.3) is 0 Å². The Bertz CT molecular complexity index is 777. The first kappa shape index (κ1) is 15.8. The van der Waals surface area contributed by atoms with E-state index in [0.29, 0.717) is 28.8 Å². The molecular formula is C17H14Cl2N2O2. The third kappa shape index (κ3) is 3.49. The highest BCUT2D eigenvalue weighted by atomic mass is 35.5. The largest absolute Gasteiger partial charge is 0.330 e. The van der Waals surface area contributed by atoms with E-state index in [1.54, 1.807) is 17.0 Å². The van der Waals surface area contributed by atoms with Gasteiger partial charge in [-0.25, -0.2) is 0 Å². The smallest absolute Gasteiger partial charge is 0.313 e. The summed E-state index contributed by atoms with van der Waals surface area (Å²) in [7, 11) is 0. The number of nitrogens with one attached hydrogen (secondary N) is 1. The lowest BCUT2D eigenvalue weighted by atomic mass is 10.00. The molecule has 0 aromatic heterocycles. The van der Waals surface area contributed by atoms with Gasteiger partial charge in [-0.2, -0.15) is 0 Å². The fourth-order valence-corrected chi connectivity index (χ4v) is 3.04. The van der Waals surface area contributed by atoms with Crippen LogP contribution in [-0.4, -0.2) is 23.3 Å². The van der Waals surface area contributed by atoms with Gasteiger partial charge in [0.05, 0.1) is 10.7 Å². The maximum atomic E-state index is 12.3. The topological polar surface area (TPSA) is 49.4 Å². The number of rotatable bonds is 1. The van der Waals surface area contributed by atoms with Crippen LogP contribution >= 0.6 is 23.2 Å². The molecule has 2 amide bonds. The van der Waals surface area contributed by atoms with Crippen LogP contribution in [0.5, 0.6) is 0 Å². The van der Waals surface area contributed by atoms with Crippen LogP contribution < -0.4 is 5.32 Å². The molecule has 1 aliphatic heterocycles. The Kier molecular flexibility index (Phi) is 4.55. The van der Waals surface area contributed by atoms with E-state index in [1.807, 2.05) is 24.3 Å². The Balaban J connectivity index is 1.70. The van der Waals surface area contributed by atoms with Gasteiger partial charge in [-0.1, -0.05) is 47.5 Å². The Morgan fingerprint density at radius 3 is 2.52 bits per heavy atom. The molecule has 2 aromatic rings. The molecule has 0 spiro atoms. The van der Waals surface area contributed by atoms with Crippen molar-refractivity contribution in [1.29, 1.82) is 0 Å². The Morgan fingerprint density at radius 1 is 1.04 bits per heavy atom. The first-order valence-electron chi connectivity index (χ1n) is 7.16. The van der Waals surface area contributed by atoms with Crippen molar-refractivity contribution in [3.8, 4) is 0 Å². The fourth-order valence-electron chi connectivity index (χ4n) is 2.58. The van der Waals surface area contributed by atoms with Gasteiger partial charge >= 0.3 is 11.8 Å². The summed E-state index contributed by atoms with van der Waals surface area (Å²) in [6, 6.07) is 12.6. The number of carbonyl (C=O) groups excluding carboxylic acids is 2. The highest BCUT2D eigenvalue weighted by molar-refractivity contribution is 6.42. The molecule has 1 aliphatic rings.